The Balaban J connectivity index is 1.96. The van der Waals surface area contributed by atoms with Crippen molar-refractivity contribution in [1.82, 2.24) is 0 Å². The number of hydrogen-bond donors (Lipinski definition) is 6. The highest BCUT2D eigenvalue weighted by molar-refractivity contribution is 6.23. The lowest BCUT2D eigenvalue weighted by Crippen LogP contribution is -2.46. The normalized spacial score (nSPS) is 31.7. The molecule has 0 radical (unpaired) electrons. The van der Waals surface area contributed by atoms with Gasteiger partial charge in [-0.3, -0.25) is 14.4 Å². The van der Waals surface area contributed by atoms with E-state index in [1.165, 1.54) is 60.3 Å². The van der Waals surface area contributed by atoms with Gasteiger partial charge in [0.2, 0.25) is 0 Å². The molecule has 2 aromatic carbocycles. The summed E-state index contributed by atoms with van der Waals surface area (Å²) in [6, 6.07) is 0. The lowest BCUT2D eigenvalue weighted by atomic mass is 9.78. The first-order valence-corrected chi connectivity index (χ1v) is 17.5. The molecule has 54 heavy (non-hydrogen) atoms. The second kappa shape index (κ2) is 16.5. The summed E-state index contributed by atoms with van der Waals surface area (Å²) in [7, 11) is 2.66. The van der Waals surface area contributed by atoms with Crippen molar-refractivity contribution in [3.63, 3.8) is 0 Å². The molecule has 0 aliphatic carbocycles. The molecule has 3 aliphatic heterocycles. The number of oxime groups is 1. The number of nitrogens with zero attached hydrogens (tertiary/aromatic N) is 1. The Morgan fingerprint density at radius 1 is 0.944 bits per heavy atom. The van der Waals surface area contributed by atoms with Crippen molar-refractivity contribution in [2.45, 2.75) is 85.6 Å². The van der Waals surface area contributed by atoms with Gasteiger partial charge in [0.25, 0.3) is 11.7 Å². The summed E-state index contributed by atoms with van der Waals surface area (Å²) in [4.78, 5) is 44.7. The van der Waals surface area contributed by atoms with Crippen LogP contribution >= 0.6 is 0 Å². The summed E-state index contributed by atoms with van der Waals surface area (Å²) in [6.07, 6.45) is 4.44. The van der Waals surface area contributed by atoms with Crippen LogP contribution in [0.15, 0.2) is 41.3 Å². The number of aromatic hydroxyl groups is 3. The predicted octanol–water partition coefficient (Wildman–Crippen LogP) is 4.73. The number of aliphatic hydroxyl groups is 2. The van der Waals surface area contributed by atoms with Crippen molar-refractivity contribution in [3.8, 4) is 23.0 Å². The summed E-state index contributed by atoms with van der Waals surface area (Å²) in [5.74, 6) is -8.63. The molecule has 0 saturated carbocycles. The number of allylic oxidation sites excluding steroid dienone is 2. The number of methoxy groups -OCH3 is 1. The van der Waals surface area contributed by atoms with E-state index in [0.29, 0.717) is 0 Å². The summed E-state index contributed by atoms with van der Waals surface area (Å²) in [6.45, 7) is 12.4. The third-order valence-electron chi connectivity index (χ3n) is 10.3. The van der Waals surface area contributed by atoms with Gasteiger partial charge in [-0.15, -0.1) is 0 Å². The van der Waals surface area contributed by atoms with E-state index in [2.05, 4.69) is 10.5 Å². The van der Waals surface area contributed by atoms with Gasteiger partial charge in [0.15, 0.2) is 5.75 Å². The number of phenolic OH excluding ortho intramolecular Hbond substituents is 3. The Kier molecular flexibility index (Phi) is 12.7. The highest BCUT2D eigenvalue weighted by Crippen LogP contribution is 2.55. The molecule has 294 valence electrons. The largest absolute Gasteiger partial charge is 0.507 e. The van der Waals surface area contributed by atoms with E-state index in [1.807, 2.05) is 0 Å². The molecule has 15 nitrogen and oxygen atoms in total. The SMILES string of the molecule is CO/N=C/c1c2c(O)c3c(O)c(C)c4c(c3c1O)C(=O)C(C)(O/C=C\C(OC)C(C)C(OC(C)=O)C(C)C(O)C(C)C(O)C(C)/C=C\C=C(\C)C(=O)N2)O4. The Labute approximate surface area is 313 Å². The first-order chi connectivity index (χ1) is 25.3. The van der Waals surface area contributed by atoms with E-state index in [-0.39, 0.29) is 44.5 Å². The van der Waals surface area contributed by atoms with Crippen molar-refractivity contribution >= 4 is 40.3 Å². The van der Waals surface area contributed by atoms with Crippen molar-refractivity contribution in [2.24, 2.45) is 28.8 Å². The molecule has 1 amide bonds. The molecular weight excluding hydrogens is 704 g/mol. The van der Waals surface area contributed by atoms with Gasteiger partial charge < -0.3 is 54.6 Å². The van der Waals surface area contributed by atoms with E-state index in [1.54, 1.807) is 39.8 Å². The Morgan fingerprint density at radius 3 is 2.22 bits per heavy atom. The van der Waals surface area contributed by atoms with Crippen LogP contribution in [-0.2, 0) is 28.6 Å². The maximum absolute atomic E-state index is 14.2. The van der Waals surface area contributed by atoms with Gasteiger partial charge in [-0.05, 0) is 19.9 Å². The monoisotopic (exact) mass is 754 g/mol. The average molecular weight is 755 g/mol. The highest BCUT2D eigenvalue weighted by atomic mass is 16.7. The number of ether oxygens (including phenoxy) is 4. The molecular formula is C39H50N2O13. The van der Waals surface area contributed by atoms with Crippen LogP contribution in [0, 0.1) is 30.6 Å². The molecule has 5 bridgehead atoms. The fourth-order valence-electron chi connectivity index (χ4n) is 6.98. The molecule has 0 saturated heterocycles. The molecule has 9 unspecified atom stereocenters. The minimum absolute atomic E-state index is 0.0323. The molecule has 15 heteroatoms. The Bertz CT molecular complexity index is 1920. The fourth-order valence-corrected chi connectivity index (χ4v) is 6.98. The Hall–Kier alpha value is -5.12. The zero-order chi connectivity index (χ0) is 40.4. The summed E-state index contributed by atoms with van der Waals surface area (Å²) < 4.78 is 23.3. The summed E-state index contributed by atoms with van der Waals surface area (Å²) in [5, 5.41) is 63.0. The van der Waals surface area contributed by atoms with Crippen LogP contribution < -0.4 is 10.1 Å². The number of aliphatic hydroxyl groups excluding tert-OH is 2. The standard InChI is InChI=1S/C39H50N2O13/c1-17-12-11-13-18(2)38(49)41-29-24(16-40-51-10)33(46)26-27(34(29)47)32(45)22(6)36-28(26)37(48)39(8,54-36)52-15-14-25(50-9)19(3)35(53-23(7)42)21(5)31(44)20(4)30(17)43/h11-17,19-21,25,30-31,35,43-47H,1-10H3,(H,41,49)/b12-11-,15-14-,18-13-,40-16+. The lowest BCUT2D eigenvalue weighted by Gasteiger charge is -2.38. The molecule has 3 aliphatic rings. The molecule has 2 aromatic rings. The molecule has 9 atom stereocenters. The van der Waals surface area contributed by atoms with Crippen LogP contribution in [0.5, 0.6) is 23.0 Å². The van der Waals surface area contributed by atoms with Gasteiger partial charge >= 0.3 is 11.8 Å². The number of carbonyl (C=O) groups is 3. The van der Waals surface area contributed by atoms with Gasteiger partial charge in [-0.2, -0.15) is 0 Å². The van der Waals surface area contributed by atoms with Crippen molar-refractivity contribution in [2.75, 3.05) is 19.5 Å². The maximum atomic E-state index is 14.2. The van der Waals surface area contributed by atoms with Crippen LogP contribution in [0.2, 0.25) is 0 Å². The van der Waals surface area contributed by atoms with Gasteiger partial charge in [0, 0.05) is 61.2 Å². The summed E-state index contributed by atoms with van der Waals surface area (Å²) in [5.41, 5.74) is -0.636. The molecule has 5 rings (SSSR count). The van der Waals surface area contributed by atoms with Gasteiger partial charge in [-0.1, -0.05) is 51.1 Å². The number of ketones is 1. The number of nitrogens with one attached hydrogen (secondary N) is 1. The zero-order valence-electron chi connectivity index (χ0n) is 32.0. The zero-order valence-corrected chi connectivity index (χ0v) is 32.0. The average Bonchev–Trinajstić information content (AvgIpc) is 3.39. The first-order valence-electron chi connectivity index (χ1n) is 17.5. The first kappa shape index (κ1) is 41.6. The van der Waals surface area contributed by atoms with E-state index in [9.17, 15) is 39.9 Å². The fraction of sp³-hybridized carbons (Fsp3) is 0.487. The van der Waals surface area contributed by atoms with E-state index in [4.69, 9.17) is 23.8 Å². The molecule has 0 fully saturated rings. The van der Waals surface area contributed by atoms with E-state index >= 15 is 0 Å². The number of phenols is 3. The number of amides is 1. The Morgan fingerprint density at radius 2 is 1.61 bits per heavy atom. The van der Waals surface area contributed by atoms with Gasteiger partial charge in [0.05, 0.1) is 53.0 Å². The minimum Gasteiger partial charge on any atom is -0.507 e. The van der Waals surface area contributed by atoms with Gasteiger partial charge in [0.1, 0.15) is 30.5 Å². The van der Waals surface area contributed by atoms with E-state index < -0.39 is 88.8 Å². The number of benzene rings is 2. The highest BCUT2D eigenvalue weighted by Gasteiger charge is 2.50. The van der Waals surface area contributed by atoms with E-state index in [0.717, 1.165) is 6.21 Å². The second-order valence-electron chi connectivity index (χ2n) is 14.0. The quantitative estimate of drug-likeness (QED) is 0.0818. The van der Waals surface area contributed by atoms with Crippen LogP contribution in [-0.4, -0.2) is 93.8 Å². The van der Waals surface area contributed by atoms with Crippen molar-refractivity contribution in [1.29, 1.82) is 0 Å². The van der Waals surface area contributed by atoms with Crippen LogP contribution in [0.3, 0.4) is 0 Å². The number of rotatable bonds is 4. The lowest BCUT2D eigenvalue weighted by molar-refractivity contribution is -0.160. The smallest absolute Gasteiger partial charge is 0.312 e. The van der Waals surface area contributed by atoms with Gasteiger partial charge in [-0.25, -0.2) is 0 Å². The molecule has 6 N–H and O–H groups in total. The van der Waals surface area contributed by atoms with Crippen LogP contribution in [0.1, 0.15) is 70.0 Å². The molecule has 0 spiro atoms. The maximum Gasteiger partial charge on any atom is 0.312 e. The van der Waals surface area contributed by atoms with Crippen molar-refractivity contribution in [3.05, 3.63) is 52.8 Å². The predicted molar refractivity (Wildman–Crippen MR) is 198 cm³/mol. The molecule has 3 heterocycles. The van der Waals surface area contributed by atoms with Crippen LogP contribution in [0.4, 0.5) is 5.69 Å². The van der Waals surface area contributed by atoms with Crippen molar-refractivity contribution < 1.29 is 63.7 Å². The summed E-state index contributed by atoms with van der Waals surface area (Å²) >= 11 is 0. The number of carbonyl (C=O) groups excluding carboxylic acids is 3. The number of anilines is 1. The number of hydrogen-bond acceptors (Lipinski definition) is 14. The minimum atomic E-state index is -2.05. The number of Topliss-reactive ketones (excluding diaryl/α,β-unsaturated/α-hetero) is 1. The second-order valence-corrected chi connectivity index (χ2v) is 14.0. The topological polar surface area (TPSA) is 223 Å². The van der Waals surface area contributed by atoms with Crippen LogP contribution in [0.25, 0.3) is 10.8 Å². The number of esters is 1. The molecule has 0 aromatic heterocycles. The third-order valence-corrected chi connectivity index (χ3v) is 10.3. The third kappa shape index (κ3) is 7.74. The number of fused-ring (bicyclic) bond motifs is 14.